The van der Waals surface area contributed by atoms with Crippen LogP contribution in [0.4, 0.5) is 0 Å². The fourth-order valence-corrected chi connectivity index (χ4v) is 3.65. The molecule has 0 aromatic heterocycles. The Labute approximate surface area is 104 Å². The van der Waals surface area contributed by atoms with E-state index in [2.05, 4.69) is 12.2 Å². The number of rotatable bonds is 2. The van der Waals surface area contributed by atoms with E-state index in [4.69, 9.17) is 11.6 Å². The van der Waals surface area contributed by atoms with Crippen LogP contribution in [0, 0.1) is 0 Å². The van der Waals surface area contributed by atoms with E-state index in [9.17, 15) is 4.21 Å². The fourth-order valence-electron chi connectivity index (χ4n) is 2.14. The van der Waals surface area contributed by atoms with Gasteiger partial charge in [-0.15, -0.1) is 0 Å². The zero-order valence-electron chi connectivity index (χ0n) is 9.33. The quantitative estimate of drug-likeness (QED) is 0.883. The SMILES string of the molecule is CCNC1CCCS(=O)c2ccc(Cl)cc21. The van der Waals surface area contributed by atoms with E-state index in [1.807, 2.05) is 18.2 Å². The molecular weight excluding hydrogens is 242 g/mol. The van der Waals surface area contributed by atoms with Crippen molar-refractivity contribution in [1.29, 1.82) is 0 Å². The molecule has 2 nitrogen and oxygen atoms in total. The number of benzene rings is 1. The third kappa shape index (κ3) is 2.47. The molecule has 1 aromatic rings. The summed E-state index contributed by atoms with van der Waals surface area (Å²) < 4.78 is 12.0. The average Bonchev–Trinajstić information content (AvgIpc) is 2.40. The van der Waals surface area contributed by atoms with E-state index in [-0.39, 0.29) is 0 Å². The molecule has 0 radical (unpaired) electrons. The Kier molecular flexibility index (Phi) is 4.00. The normalized spacial score (nSPS) is 24.9. The van der Waals surface area contributed by atoms with Gasteiger partial charge < -0.3 is 5.32 Å². The molecule has 0 saturated carbocycles. The Morgan fingerprint density at radius 2 is 2.38 bits per heavy atom. The maximum atomic E-state index is 12.0. The minimum Gasteiger partial charge on any atom is -0.310 e. The molecule has 2 rings (SSSR count). The van der Waals surface area contributed by atoms with E-state index in [0.717, 1.165) is 40.6 Å². The molecule has 0 aliphatic carbocycles. The van der Waals surface area contributed by atoms with Crippen LogP contribution in [0.2, 0.25) is 5.02 Å². The van der Waals surface area contributed by atoms with Crippen LogP contribution in [0.1, 0.15) is 31.4 Å². The van der Waals surface area contributed by atoms with Crippen LogP contribution in [0.5, 0.6) is 0 Å². The van der Waals surface area contributed by atoms with Crippen molar-refractivity contribution in [2.24, 2.45) is 0 Å². The van der Waals surface area contributed by atoms with Crippen molar-refractivity contribution in [2.75, 3.05) is 12.3 Å². The van der Waals surface area contributed by atoms with Gasteiger partial charge in [0.25, 0.3) is 0 Å². The highest BCUT2D eigenvalue weighted by molar-refractivity contribution is 7.85. The minimum absolute atomic E-state index is 0.296. The molecule has 2 atom stereocenters. The van der Waals surface area contributed by atoms with Gasteiger partial charge in [-0.25, -0.2) is 0 Å². The van der Waals surface area contributed by atoms with Crippen LogP contribution < -0.4 is 5.32 Å². The molecule has 16 heavy (non-hydrogen) atoms. The van der Waals surface area contributed by atoms with E-state index in [1.165, 1.54) is 0 Å². The molecule has 0 amide bonds. The van der Waals surface area contributed by atoms with Gasteiger partial charge >= 0.3 is 0 Å². The van der Waals surface area contributed by atoms with Gasteiger partial charge in [-0.05, 0) is 43.1 Å². The highest BCUT2D eigenvalue weighted by Crippen LogP contribution is 2.31. The predicted octanol–water partition coefficient (Wildman–Crippen LogP) is 2.89. The number of fused-ring (bicyclic) bond motifs is 1. The summed E-state index contributed by atoms with van der Waals surface area (Å²) >= 11 is 6.02. The van der Waals surface area contributed by atoms with Crippen molar-refractivity contribution >= 4 is 22.4 Å². The van der Waals surface area contributed by atoms with Crippen LogP contribution in [0.15, 0.2) is 23.1 Å². The maximum Gasteiger partial charge on any atom is 0.0532 e. The van der Waals surface area contributed by atoms with Crippen molar-refractivity contribution in [1.82, 2.24) is 5.32 Å². The molecule has 1 heterocycles. The number of hydrogen-bond donors (Lipinski definition) is 1. The van der Waals surface area contributed by atoms with Gasteiger partial charge in [0.05, 0.1) is 10.8 Å². The first kappa shape index (κ1) is 12.1. The summed E-state index contributed by atoms with van der Waals surface area (Å²) in [7, 11) is -0.864. The second kappa shape index (κ2) is 5.30. The molecule has 1 aromatic carbocycles. The summed E-state index contributed by atoms with van der Waals surface area (Å²) in [6.45, 7) is 3.01. The highest BCUT2D eigenvalue weighted by atomic mass is 35.5. The van der Waals surface area contributed by atoms with Gasteiger partial charge in [-0.1, -0.05) is 18.5 Å². The average molecular weight is 258 g/mol. The molecule has 0 bridgehead atoms. The zero-order valence-corrected chi connectivity index (χ0v) is 10.9. The van der Waals surface area contributed by atoms with Crippen molar-refractivity contribution in [3.05, 3.63) is 28.8 Å². The third-order valence-corrected chi connectivity index (χ3v) is 4.62. The Hall–Kier alpha value is -0.380. The first-order chi connectivity index (χ1) is 7.72. The predicted molar refractivity (Wildman–Crippen MR) is 68.4 cm³/mol. The van der Waals surface area contributed by atoms with Gasteiger partial charge in [0.1, 0.15) is 0 Å². The fraction of sp³-hybridized carbons (Fsp3) is 0.500. The standard InChI is InChI=1S/C12H16ClNOS/c1-2-14-11-4-3-7-16(15)12-6-5-9(13)8-10(11)12/h5-6,8,11,14H,2-4,7H2,1H3. The Morgan fingerprint density at radius 3 is 3.12 bits per heavy atom. The molecule has 1 aliphatic rings. The smallest absolute Gasteiger partial charge is 0.0532 e. The Balaban J connectivity index is 2.44. The molecule has 1 aliphatic heterocycles. The first-order valence-electron chi connectivity index (χ1n) is 5.63. The minimum atomic E-state index is -0.864. The largest absolute Gasteiger partial charge is 0.310 e. The van der Waals surface area contributed by atoms with Crippen molar-refractivity contribution < 1.29 is 4.21 Å². The Bertz CT molecular complexity index is 408. The van der Waals surface area contributed by atoms with Gasteiger partial charge in [0.2, 0.25) is 0 Å². The lowest BCUT2D eigenvalue weighted by Gasteiger charge is -2.17. The molecule has 0 saturated heterocycles. The third-order valence-electron chi connectivity index (χ3n) is 2.87. The van der Waals surface area contributed by atoms with Gasteiger partial charge in [-0.2, -0.15) is 0 Å². The van der Waals surface area contributed by atoms with Crippen LogP contribution in [-0.2, 0) is 10.8 Å². The molecule has 0 fully saturated rings. The number of hydrogen-bond acceptors (Lipinski definition) is 2. The summed E-state index contributed by atoms with van der Waals surface area (Å²) in [4.78, 5) is 0.952. The summed E-state index contributed by atoms with van der Waals surface area (Å²) in [5, 5.41) is 4.16. The van der Waals surface area contributed by atoms with E-state index in [0.29, 0.717) is 6.04 Å². The first-order valence-corrected chi connectivity index (χ1v) is 7.33. The molecule has 1 N–H and O–H groups in total. The molecule has 4 heteroatoms. The maximum absolute atomic E-state index is 12.0. The van der Waals surface area contributed by atoms with Crippen LogP contribution in [0.3, 0.4) is 0 Å². The van der Waals surface area contributed by atoms with E-state index in [1.54, 1.807) is 0 Å². The topological polar surface area (TPSA) is 29.1 Å². The summed E-state index contributed by atoms with van der Waals surface area (Å²) in [6, 6.07) is 5.98. The van der Waals surface area contributed by atoms with Crippen molar-refractivity contribution in [3.63, 3.8) is 0 Å². The lowest BCUT2D eigenvalue weighted by Crippen LogP contribution is -2.20. The van der Waals surface area contributed by atoms with Crippen LogP contribution in [-0.4, -0.2) is 16.5 Å². The lowest BCUT2D eigenvalue weighted by atomic mass is 10.0. The van der Waals surface area contributed by atoms with Gasteiger partial charge in [0.15, 0.2) is 0 Å². The second-order valence-electron chi connectivity index (χ2n) is 3.98. The summed E-state index contributed by atoms with van der Waals surface area (Å²) in [5.74, 6) is 0.760. The molecule has 88 valence electrons. The Morgan fingerprint density at radius 1 is 1.56 bits per heavy atom. The molecule has 0 spiro atoms. The number of nitrogens with one attached hydrogen (secondary N) is 1. The van der Waals surface area contributed by atoms with Crippen molar-refractivity contribution in [3.8, 4) is 0 Å². The molecule has 2 unspecified atom stereocenters. The second-order valence-corrected chi connectivity index (χ2v) is 5.96. The van der Waals surface area contributed by atoms with Gasteiger partial charge in [0, 0.05) is 21.7 Å². The molecular formula is C12H16ClNOS. The van der Waals surface area contributed by atoms with Crippen molar-refractivity contribution in [2.45, 2.75) is 30.7 Å². The highest BCUT2D eigenvalue weighted by Gasteiger charge is 2.21. The summed E-state index contributed by atoms with van der Waals surface area (Å²) in [6.07, 6.45) is 2.03. The summed E-state index contributed by atoms with van der Waals surface area (Å²) in [5.41, 5.74) is 1.12. The van der Waals surface area contributed by atoms with E-state index >= 15 is 0 Å². The van der Waals surface area contributed by atoms with Gasteiger partial charge in [-0.3, -0.25) is 4.21 Å². The van der Waals surface area contributed by atoms with E-state index < -0.39 is 10.8 Å². The number of halogens is 1. The van der Waals surface area contributed by atoms with Crippen LogP contribution >= 0.6 is 11.6 Å². The lowest BCUT2D eigenvalue weighted by molar-refractivity contribution is 0.508. The van der Waals surface area contributed by atoms with Crippen LogP contribution in [0.25, 0.3) is 0 Å². The monoisotopic (exact) mass is 257 g/mol. The zero-order chi connectivity index (χ0) is 11.5.